The Kier molecular flexibility index (Phi) is 18.3. The molecule has 12 nitrogen and oxygen atoms in total. The first-order valence-corrected chi connectivity index (χ1v) is 32.7. The Labute approximate surface area is 523 Å². The summed E-state index contributed by atoms with van der Waals surface area (Å²) in [6.45, 7) is 31.2. The Hall–Kier alpha value is -6.12. The van der Waals surface area contributed by atoms with E-state index in [4.69, 9.17) is 56.8 Å². The molecule has 0 spiro atoms. The molecule has 12 rings (SSSR count). The summed E-state index contributed by atoms with van der Waals surface area (Å²) in [6.07, 6.45) is 7.16. The summed E-state index contributed by atoms with van der Waals surface area (Å²) in [5, 5.41) is 0. The van der Waals surface area contributed by atoms with Gasteiger partial charge in [-0.25, -0.2) is 0 Å². The van der Waals surface area contributed by atoms with Gasteiger partial charge in [-0.2, -0.15) is 0 Å². The summed E-state index contributed by atoms with van der Waals surface area (Å²) in [6, 6.07) is 44.8. The van der Waals surface area contributed by atoms with Crippen LogP contribution in [0.1, 0.15) is 157 Å². The summed E-state index contributed by atoms with van der Waals surface area (Å²) in [7, 11) is 0. The fraction of sp³-hybridized carbons (Fsp3) is 0.526. The van der Waals surface area contributed by atoms with E-state index in [0.717, 1.165) is 118 Å². The number of hydrogen-bond acceptors (Lipinski definition) is 12. The van der Waals surface area contributed by atoms with E-state index in [0.29, 0.717) is 46.2 Å². The van der Waals surface area contributed by atoms with Crippen molar-refractivity contribution >= 4 is 0 Å². The highest BCUT2D eigenvalue weighted by Gasteiger charge is 2.41. The fourth-order valence-corrected chi connectivity index (χ4v) is 12.9. The monoisotopic (exact) mass is 1200 g/mol. The van der Waals surface area contributed by atoms with Gasteiger partial charge in [-0.15, -0.1) is 0 Å². The average Bonchev–Trinajstić information content (AvgIpc) is 1.61. The molecule has 6 aliphatic rings. The van der Waals surface area contributed by atoms with Crippen LogP contribution in [0, 0.1) is 0 Å². The maximum Gasteiger partial charge on any atom is 0.123 e. The van der Waals surface area contributed by atoms with Crippen molar-refractivity contribution in [3.63, 3.8) is 0 Å². The third-order valence-corrected chi connectivity index (χ3v) is 19.8. The van der Waals surface area contributed by atoms with Crippen LogP contribution in [0.4, 0.5) is 0 Å². The number of epoxide rings is 6. The van der Waals surface area contributed by atoms with Crippen LogP contribution < -0.4 is 28.4 Å². The van der Waals surface area contributed by atoms with Gasteiger partial charge in [0.05, 0.1) is 39.6 Å². The first-order valence-electron chi connectivity index (χ1n) is 32.7. The van der Waals surface area contributed by atoms with Crippen LogP contribution in [0.15, 0.2) is 121 Å². The molecule has 6 saturated heterocycles. The van der Waals surface area contributed by atoms with Crippen molar-refractivity contribution in [1.82, 2.24) is 0 Å². The predicted octanol–water partition coefficient (Wildman–Crippen LogP) is 14.3. The highest BCUT2D eigenvalue weighted by Crippen LogP contribution is 2.50. The summed E-state index contributed by atoms with van der Waals surface area (Å²) in [5.41, 5.74) is 10.4. The second-order valence-corrected chi connectivity index (χ2v) is 27.6. The van der Waals surface area contributed by atoms with E-state index in [1.165, 1.54) is 50.1 Å². The largest absolute Gasteiger partial charge is 0.491 e. The quantitative estimate of drug-likeness (QED) is 0.0351. The molecular formula is C76H94O12. The lowest BCUT2D eigenvalue weighted by Gasteiger charge is -2.41. The molecular weight excluding hydrogens is 1100 g/mol. The third-order valence-electron chi connectivity index (χ3n) is 19.8. The van der Waals surface area contributed by atoms with Gasteiger partial charge in [-0.05, 0) is 148 Å². The first-order chi connectivity index (χ1) is 42.4. The van der Waals surface area contributed by atoms with Crippen LogP contribution >= 0.6 is 0 Å². The Bertz CT molecular complexity index is 3320. The smallest absolute Gasteiger partial charge is 0.123 e. The summed E-state index contributed by atoms with van der Waals surface area (Å²) in [5.74, 6) is 5.22. The second kappa shape index (κ2) is 26.0. The summed E-state index contributed by atoms with van der Waals surface area (Å²) >= 11 is 0. The van der Waals surface area contributed by atoms with Crippen molar-refractivity contribution in [3.05, 3.63) is 177 Å². The lowest BCUT2D eigenvalue weighted by Crippen LogP contribution is -2.34. The maximum absolute atomic E-state index is 6.86. The minimum Gasteiger partial charge on any atom is -0.491 e. The Morgan fingerprint density at radius 3 is 1.24 bits per heavy atom. The van der Waals surface area contributed by atoms with Gasteiger partial charge in [0, 0.05) is 27.2 Å². The van der Waals surface area contributed by atoms with E-state index in [1.54, 1.807) is 0 Å². The highest BCUT2D eigenvalue weighted by atomic mass is 16.6. The van der Waals surface area contributed by atoms with Gasteiger partial charge in [0.15, 0.2) is 0 Å². The first kappa shape index (κ1) is 62.1. The molecule has 6 heterocycles. The molecule has 0 N–H and O–H groups in total. The zero-order valence-electron chi connectivity index (χ0n) is 53.8. The van der Waals surface area contributed by atoms with Gasteiger partial charge in [-0.3, -0.25) is 0 Å². The van der Waals surface area contributed by atoms with E-state index in [1.807, 2.05) is 0 Å². The zero-order chi connectivity index (χ0) is 61.3. The molecule has 6 aliphatic heterocycles. The lowest BCUT2D eigenvalue weighted by molar-refractivity contribution is 0.252. The standard InChI is InChI=1S/C76H94O12/c1-11-14-31-75(10,69-34-55(20-30-71(69)88-49-65-47-86-65)72(4,5)52-15-21-56(22-16-52)77-38-60-42-81-60)36-51-32-54(19-29-70(51)87-48-64-46-85-64)74(8,9)67-28-26-59(80-41-63-45-84-63)35-68(67)76(12-2,13-3)37-50-33-58(79-40-62-44-83-62)25-27-66(50)73(6,7)53-17-23-57(24-18-53)78-39-61-43-82-61/h15-30,32-35,60-65H,11-14,31,36-49H2,1-10H3. The summed E-state index contributed by atoms with van der Waals surface area (Å²) < 4.78 is 72.7. The molecule has 0 amide bonds. The number of rotatable bonds is 35. The normalized spacial score (nSPS) is 21.7. The lowest BCUT2D eigenvalue weighted by atomic mass is 9.63. The van der Waals surface area contributed by atoms with Gasteiger partial charge in [0.25, 0.3) is 0 Å². The van der Waals surface area contributed by atoms with Gasteiger partial charge in [0.2, 0.25) is 0 Å². The molecule has 7 unspecified atom stereocenters. The number of benzene rings is 6. The van der Waals surface area contributed by atoms with Crippen LogP contribution in [0.2, 0.25) is 0 Å². The Morgan fingerprint density at radius 1 is 0.352 bits per heavy atom. The molecule has 470 valence electrons. The molecule has 7 atom stereocenters. The summed E-state index contributed by atoms with van der Waals surface area (Å²) in [4.78, 5) is 0. The van der Waals surface area contributed by atoms with E-state index < -0.39 is 5.41 Å². The molecule has 88 heavy (non-hydrogen) atoms. The minimum absolute atomic E-state index is 0.0936. The third kappa shape index (κ3) is 14.9. The van der Waals surface area contributed by atoms with Crippen LogP contribution in [-0.2, 0) is 68.3 Å². The van der Waals surface area contributed by atoms with Crippen molar-refractivity contribution in [2.24, 2.45) is 0 Å². The van der Waals surface area contributed by atoms with E-state index in [9.17, 15) is 0 Å². The van der Waals surface area contributed by atoms with Crippen LogP contribution in [0.5, 0.6) is 34.5 Å². The Balaban J connectivity index is 0.924. The topological polar surface area (TPSA) is 131 Å². The second-order valence-electron chi connectivity index (χ2n) is 27.6. The van der Waals surface area contributed by atoms with Crippen LogP contribution in [0.3, 0.4) is 0 Å². The SMILES string of the molecule is CCCCC(C)(Cc1cc(C(C)(C)c2ccc(OCC3CO3)cc2C(CC)(CC)Cc2cc(OCC3CO3)ccc2C(C)(C)c2ccc(OCC3CO3)cc2)ccc1OCC1CO1)c1cc(C(C)(C)c2ccc(OCC3CO3)cc2)ccc1OCC1CO1. The van der Waals surface area contributed by atoms with Crippen molar-refractivity contribution in [3.8, 4) is 34.5 Å². The van der Waals surface area contributed by atoms with Crippen molar-refractivity contribution in [1.29, 1.82) is 0 Å². The van der Waals surface area contributed by atoms with Crippen LogP contribution in [-0.4, -0.2) is 116 Å². The van der Waals surface area contributed by atoms with Crippen molar-refractivity contribution in [2.75, 3.05) is 79.3 Å². The zero-order valence-corrected chi connectivity index (χ0v) is 53.8. The molecule has 0 saturated carbocycles. The predicted molar refractivity (Wildman–Crippen MR) is 343 cm³/mol. The average molecular weight is 1200 g/mol. The fourth-order valence-electron chi connectivity index (χ4n) is 12.9. The molecule has 6 fully saturated rings. The van der Waals surface area contributed by atoms with E-state index in [-0.39, 0.29) is 58.3 Å². The highest BCUT2D eigenvalue weighted by molar-refractivity contribution is 5.55. The molecule has 0 radical (unpaired) electrons. The molecule has 0 aliphatic carbocycles. The molecule has 6 aromatic carbocycles. The van der Waals surface area contributed by atoms with Gasteiger partial charge in [0.1, 0.15) is 111 Å². The molecule has 0 aromatic heterocycles. The number of hydrogen-bond donors (Lipinski definition) is 0. The number of ether oxygens (including phenoxy) is 12. The number of unbranched alkanes of at least 4 members (excludes halogenated alkanes) is 1. The van der Waals surface area contributed by atoms with Crippen LogP contribution in [0.25, 0.3) is 0 Å². The molecule has 12 heteroatoms. The van der Waals surface area contributed by atoms with Crippen molar-refractivity contribution in [2.45, 2.75) is 178 Å². The molecule has 0 bridgehead atoms. The van der Waals surface area contributed by atoms with E-state index >= 15 is 0 Å². The van der Waals surface area contributed by atoms with Gasteiger partial charge in [-0.1, -0.05) is 143 Å². The van der Waals surface area contributed by atoms with Gasteiger partial charge >= 0.3 is 0 Å². The molecule has 6 aromatic rings. The van der Waals surface area contributed by atoms with E-state index in [2.05, 4.69) is 191 Å². The Morgan fingerprint density at radius 2 is 0.750 bits per heavy atom. The van der Waals surface area contributed by atoms with Gasteiger partial charge < -0.3 is 56.8 Å². The maximum atomic E-state index is 6.86. The minimum atomic E-state index is -0.489. The van der Waals surface area contributed by atoms with Crippen molar-refractivity contribution < 1.29 is 56.8 Å².